The number of nitrogens with one attached hydrogen (secondary N) is 1. The fraction of sp³-hybridized carbons (Fsp3) is 0.500. The second kappa shape index (κ2) is 4.93. The van der Waals surface area contributed by atoms with Crippen molar-refractivity contribution in [2.75, 3.05) is 6.54 Å². The Morgan fingerprint density at radius 3 is 2.67 bits per heavy atom. The van der Waals surface area contributed by atoms with Gasteiger partial charge in [0.15, 0.2) is 5.82 Å². The van der Waals surface area contributed by atoms with Crippen LogP contribution in [-0.2, 0) is 5.41 Å². The van der Waals surface area contributed by atoms with Gasteiger partial charge in [0.25, 0.3) is 0 Å². The van der Waals surface area contributed by atoms with Crippen molar-refractivity contribution in [2.45, 2.75) is 43.2 Å². The van der Waals surface area contributed by atoms with Gasteiger partial charge < -0.3 is 14.9 Å². The first kappa shape index (κ1) is 13.0. The van der Waals surface area contributed by atoms with E-state index in [0.717, 1.165) is 18.7 Å². The summed E-state index contributed by atoms with van der Waals surface area (Å²) in [6.07, 6.45) is 3.64. The van der Waals surface area contributed by atoms with Crippen LogP contribution in [-0.4, -0.2) is 27.9 Å². The van der Waals surface area contributed by atoms with Crippen molar-refractivity contribution in [1.29, 1.82) is 0 Å². The molecule has 1 aliphatic carbocycles. The Bertz CT molecular complexity index is 621. The van der Waals surface area contributed by atoms with Gasteiger partial charge in [-0.3, -0.25) is 0 Å². The lowest BCUT2D eigenvalue weighted by atomic mass is 9.64. The van der Waals surface area contributed by atoms with E-state index in [4.69, 9.17) is 4.52 Å². The third kappa shape index (κ3) is 2.08. The second-order valence-corrected chi connectivity index (χ2v) is 6.11. The van der Waals surface area contributed by atoms with Crippen molar-refractivity contribution in [3.8, 4) is 0 Å². The van der Waals surface area contributed by atoms with Gasteiger partial charge in [-0.25, -0.2) is 0 Å². The van der Waals surface area contributed by atoms with Crippen molar-refractivity contribution in [2.24, 2.45) is 0 Å². The number of aliphatic hydroxyl groups is 1. The fourth-order valence-electron chi connectivity index (χ4n) is 3.41. The quantitative estimate of drug-likeness (QED) is 0.901. The molecule has 0 amide bonds. The normalized spacial score (nSPS) is 27.5. The number of aliphatic hydroxyl groups excluding tert-OH is 1. The summed E-state index contributed by atoms with van der Waals surface area (Å²) in [5.41, 5.74) is 1.18. The van der Waals surface area contributed by atoms with Crippen LogP contribution in [0.5, 0.6) is 0 Å². The Kier molecular flexibility index (Phi) is 3.05. The third-order valence-corrected chi connectivity index (χ3v) is 4.81. The minimum Gasteiger partial charge on any atom is -0.392 e. The van der Waals surface area contributed by atoms with E-state index in [1.54, 1.807) is 0 Å². The van der Waals surface area contributed by atoms with Crippen molar-refractivity contribution in [3.05, 3.63) is 47.6 Å². The van der Waals surface area contributed by atoms with Crippen LogP contribution in [0.25, 0.3) is 0 Å². The van der Waals surface area contributed by atoms with Crippen LogP contribution in [0.3, 0.4) is 0 Å². The highest BCUT2D eigenvalue weighted by Crippen LogP contribution is 2.47. The van der Waals surface area contributed by atoms with E-state index < -0.39 is 0 Å². The zero-order chi connectivity index (χ0) is 14.3. The van der Waals surface area contributed by atoms with Crippen LogP contribution in [0.4, 0.5) is 0 Å². The topological polar surface area (TPSA) is 71.2 Å². The average molecular weight is 285 g/mol. The van der Waals surface area contributed by atoms with Crippen molar-refractivity contribution >= 4 is 0 Å². The van der Waals surface area contributed by atoms with E-state index in [2.05, 4.69) is 39.7 Å². The largest absolute Gasteiger partial charge is 0.392 e. The first-order valence-corrected chi connectivity index (χ1v) is 7.59. The van der Waals surface area contributed by atoms with Gasteiger partial charge in [-0.1, -0.05) is 41.9 Å². The standard InChI is InChI=1S/C16H19N3O2/c20-12-9-13(17-10-12)14-18-15(19-21-14)16(7-4-8-16)11-5-2-1-3-6-11/h1-3,5-6,12-13,17,20H,4,7-10H2/t12-,13-/m1/s1. The van der Waals surface area contributed by atoms with Crippen molar-refractivity contribution in [3.63, 3.8) is 0 Å². The number of aromatic nitrogens is 2. The number of hydrogen-bond acceptors (Lipinski definition) is 5. The molecule has 2 aromatic rings. The Hall–Kier alpha value is -1.72. The number of benzene rings is 1. The zero-order valence-corrected chi connectivity index (χ0v) is 11.8. The molecule has 21 heavy (non-hydrogen) atoms. The highest BCUT2D eigenvalue weighted by atomic mass is 16.5. The molecule has 0 spiro atoms. The number of hydrogen-bond donors (Lipinski definition) is 2. The van der Waals surface area contributed by atoms with Gasteiger partial charge in [-0.15, -0.1) is 0 Å². The van der Waals surface area contributed by atoms with E-state index >= 15 is 0 Å². The van der Waals surface area contributed by atoms with Crippen LogP contribution in [0, 0.1) is 0 Å². The molecule has 0 unspecified atom stereocenters. The SMILES string of the molecule is O[C@H]1CN[C@@H](c2nc(C3(c4ccccc4)CCC3)no2)C1. The van der Waals surface area contributed by atoms with E-state index in [-0.39, 0.29) is 17.6 Å². The maximum absolute atomic E-state index is 9.61. The fourth-order valence-corrected chi connectivity index (χ4v) is 3.41. The molecule has 0 radical (unpaired) electrons. The molecule has 1 aromatic heterocycles. The molecular formula is C16H19N3O2. The Morgan fingerprint density at radius 2 is 2.05 bits per heavy atom. The summed E-state index contributed by atoms with van der Waals surface area (Å²) >= 11 is 0. The van der Waals surface area contributed by atoms with E-state index in [9.17, 15) is 5.11 Å². The van der Waals surface area contributed by atoms with Crippen molar-refractivity contribution < 1.29 is 9.63 Å². The molecular weight excluding hydrogens is 266 g/mol. The first-order chi connectivity index (χ1) is 10.3. The maximum Gasteiger partial charge on any atom is 0.243 e. The number of nitrogens with zero attached hydrogens (tertiary/aromatic N) is 2. The first-order valence-electron chi connectivity index (χ1n) is 7.59. The van der Waals surface area contributed by atoms with Crippen LogP contribution in [0.2, 0.25) is 0 Å². The molecule has 2 aliphatic rings. The highest BCUT2D eigenvalue weighted by Gasteiger charge is 2.45. The van der Waals surface area contributed by atoms with E-state index in [1.165, 1.54) is 12.0 Å². The summed E-state index contributed by atoms with van der Waals surface area (Å²) in [6.45, 7) is 0.589. The minimum atomic E-state index is -0.322. The predicted molar refractivity (Wildman–Crippen MR) is 76.7 cm³/mol. The summed E-state index contributed by atoms with van der Waals surface area (Å²) in [5, 5.41) is 17.1. The van der Waals surface area contributed by atoms with Gasteiger partial charge in [-0.05, 0) is 24.8 Å². The summed E-state index contributed by atoms with van der Waals surface area (Å²) in [7, 11) is 0. The molecule has 1 aliphatic heterocycles. The monoisotopic (exact) mass is 285 g/mol. The molecule has 2 fully saturated rings. The Labute approximate surface area is 123 Å². The lowest BCUT2D eigenvalue weighted by Crippen LogP contribution is -2.36. The molecule has 2 N–H and O–H groups in total. The molecule has 5 heteroatoms. The van der Waals surface area contributed by atoms with Gasteiger partial charge >= 0.3 is 0 Å². The van der Waals surface area contributed by atoms with Gasteiger partial charge in [0.05, 0.1) is 17.6 Å². The van der Waals surface area contributed by atoms with Crippen molar-refractivity contribution in [1.82, 2.24) is 15.5 Å². The van der Waals surface area contributed by atoms with Gasteiger partial charge in [0.2, 0.25) is 5.89 Å². The average Bonchev–Trinajstić information content (AvgIpc) is 3.08. The molecule has 0 bridgehead atoms. The molecule has 4 rings (SSSR count). The predicted octanol–water partition coefficient (Wildman–Crippen LogP) is 1.93. The van der Waals surface area contributed by atoms with Crippen LogP contribution in [0.1, 0.15) is 49.0 Å². The number of β-amino-alcohol motifs (C(OH)–C–C–N with tert-alkyl or cyclic N) is 1. The van der Waals surface area contributed by atoms with Gasteiger partial charge in [-0.2, -0.15) is 4.98 Å². The van der Waals surface area contributed by atoms with Crippen LogP contribution >= 0.6 is 0 Å². The summed E-state index contributed by atoms with van der Waals surface area (Å²) < 4.78 is 5.47. The van der Waals surface area contributed by atoms with E-state index in [1.807, 2.05) is 6.07 Å². The number of rotatable bonds is 3. The summed E-state index contributed by atoms with van der Waals surface area (Å²) in [4.78, 5) is 4.65. The summed E-state index contributed by atoms with van der Waals surface area (Å²) in [5.74, 6) is 1.39. The maximum atomic E-state index is 9.61. The summed E-state index contributed by atoms with van der Waals surface area (Å²) in [6, 6.07) is 10.4. The highest BCUT2D eigenvalue weighted by molar-refractivity contribution is 5.35. The molecule has 1 saturated carbocycles. The molecule has 2 atom stereocenters. The molecule has 110 valence electrons. The second-order valence-electron chi connectivity index (χ2n) is 6.11. The zero-order valence-electron chi connectivity index (χ0n) is 11.8. The molecule has 2 heterocycles. The molecule has 1 aromatic carbocycles. The van der Waals surface area contributed by atoms with Crippen LogP contribution in [0.15, 0.2) is 34.9 Å². The Morgan fingerprint density at radius 1 is 1.24 bits per heavy atom. The van der Waals surface area contributed by atoms with Gasteiger partial charge in [0, 0.05) is 6.54 Å². The minimum absolute atomic E-state index is 0.0193. The van der Waals surface area contributed by atoms with E-state index in [0.29, 0.717) is 18.9 Å². The third-order valence-electron chi connectivity index (χ3n) is 4.81. The van der Waals surface area contributed by atoms with Gasteiger partial charge in [0.1, 0.15) is 0 Å². The lowest BCUT2D eigenvalue weighted by molar-refractivity contribution is 0.191. The Balaban J connectivity index is 1.65. The lowest BCUT2D eigenvalue weighted by Gasteiger charge is -2.39. The smallest absolute Gasteiger partial charge is 0.243 e. The van der Waals surface area contributed by atoms with Crippen LogP contribution < -0.4 is 5.32 Å². The molecule has 5 nitrogen and oxygen atoms in total. The molecule has 1 saturated heterocycles.